The number of urea groups is 1. The normalized spacial score (nSPS) is 16.9. The maximum atomic E-state index is 13.9. The Bertz CT molecular complexity index is 928. The number of hydrogen-bond donors (Lipinski definition) is 1. The molecule has 0 saturated carbocycles. The Morgan fingerprint density at radius 3 is 2.70 bits per heavy atom. The number of piperidine rings is 1. The summed E-state index contributed by atoms with van der Waals surface area (Å²) in [7, 11) is 0. The molecule has 4 rings (SSSR count). The van der Waals surface area contributed by atoms with Gasteiger partial charge in [0.1, 0.15) is 11.9 Å². The zero-order chi connectivity index (χ0) is 18.6. The van der Waals surface area contributed by atoms with Crippen molar-refractivity contribution in [3.63, 3.8) is 0 Å². The van der Waals surface area contributed by atoms with Gasteiger partial charge in [0, 0.05) is 12.1 Å². The van der Waals surface area contributed by atoms with Gasteiger partial charge in [-0.3, -0.25) is 0 Å². The summed E-state index contributed by atoms with van der Waals surface area (Å²) in [5, 5.41) is 6.69. The number of benzene rings is 2. The lowest BCUT2D eigenvalue weighted by atomic mass is 10.0. The van der Waals surface area contributed by atoms with Crippen LogP contribution >= 0.6 is 0 Å². The van der Waals surface area contributed by atoms with Gasteiger partial charge in [0.25, 0.3) is 0 Å². The molecule has 1 aromatic heterocycles. The number of carbonyl (C=O) groups is 1. The highest BCUT2D eigenvalue weighted by atomic mass is 19.1. The fraction of sp³-hybridized carbons (Fsp3) is 0.250. The molecule has 2 heterocycles. The van der Waals surface area contributed by atoms with Crippen molar-refractivity contribution in [2.75, 3.05) is 11.9 Å². The fourth-order valence-electron chi connectivity index (χ4n) is 3.26. The number of nitrogens with one attached hydrogen (secondary N) is 1. The van der Waals surface area contributed by atoms with Crippen molar-refractivity contribution >= 4 is 11.7 Å². The molecule has 2 amide bonds. The number of para-hydroxylation sites is 1. The van der Waals surface area contributed by atoms with Crippen LogP contribution in [0, 0.1) is 5.82 Å². The van der Waals surface area contributed by atoms with Gasteiger partial charge in [-0.1, -0.05) is 47.6 Å². The van der Waals surface area contributed by atoms with Gasteiger partial charge in [0.15, 0.2) is 0 Å². The summed E-state index contributed by atoms with van der Waals surface area (Å²) in [6, 6.07) is 14.9. The Kier molecular flexibility index (Phi) is 4.82. The Hall–Kier alpha value is -3.22. The monoisotopic (exact) mass is 366 g/mol. The fourth-order valence-corrected chi connectivity index (χ4v) is 3.26. The predicted octanol–water partition coefficient (Wildman–Crippen LogP) is 4.63. The zero-order valence-electron chi connectivity index (χ0n) is 14.6. The van der Waals surface area contributed by atoms with Crippen molar-refractivity contribution in [1.29, 1.82) is 0 Å². The third-order valence-corrected chi connectivity index (χ3v) is 4.64. The minimum atomic E-state index is -0.469. The molecule has 1 N–H and O–H groups in total. The molecule has 0 radical (unpaired) electrons. The van der Waals surface area contributed by atoms with E-state index in [1.807, 2.05) is 30.3 Å². The number of carbonyl (C=O) groups excluding carboxylic acids is 1. The molecule has 0 spiro atoms. The van der Waals surface area contributed by atoms with Crippen molar-refractivity contribution in [2.45, 2.75) is 25.3 Å². The number of likely N-dealkylation sites (tertiary alicyclic amines) is 1. The first kappa shape index (κ1) is 17.2. The van der Waals surface area contributed by atoms with Gasteiger partial charge in [-0.2, -0.15) is 4.98 Å². The van der Waals surface area contributed by atoms with Gasteiger partial charge in [0.2, 0.25) is 11.7 Å². The largest absolute Gasteiger partial charge is 0.337 e. The number of amides is 2. The Balaban J connectivity index is 1.55. The summed E-state index contributed by atoms with van der Waals surface area (Å²) < 4.78 is 19.3. The van der Waals surface area contributed by atoms with Gasteiger partial charge in [-0.25, -0.2) is 9.18 Å². The predicted molar refractivity (Wildman–Crippen MR) is 98.5 cm³/mol. The summed E-state index contributed by atoms with van der Waals surface area (Å²) in [5.41, 5.74) is 1.01. The Morgan fingerprint density at radius 1 is 1.11 bits per heavy atom. The van der Waals surface area contributed by atoms with Gasteiger partial charge in [0.05, 0.1) is 5.69 Å². The van der Waals surface area contributed by atoms with Gasteiger partial charge in [-0.05, 0) is 31.4 Å². The molecule has 1 fully saturated rings. The number of nitrogens with zero attached hydrogens (tertiary/aromatic N) is 3. The van der Waals surface area contributed by atoms with Crippen LogP contribution in [0.15, 0.2) is 59.1 Å². The van der Waals surface area contributed by atoms with E-state index >= 15 is 0 Å². The van der Waals surface area contributed by atoms with Crippen LogP contribution in [0.3, 0.4) is 0 Å². The average Bonchev–Trinajstić information content (AvgIpc) is 3.20. The van der Waals surface area contributed by atoms with Crippen LogP contribution in [0.25, 0.3) is 11.4 Å². The molecule has 0 bridgehead atoms. The molecule has 1 aliphatic rings. The lowest BCUT2D eigenvalue weighted by molar-refractivity contribution is 0.142. The zero-order valence-corrected chi connectivity index (χ0v) is 14.6. The van der Waals surface area contributed by atoms with E-state index in [-0.39, 0.29) is 17.8 Å². The molecule has 6 nitrogen and oxygen atoms in total. The maximum absolute atomic E-state index is 13.9. The third-order valence-electron chi connectivity index (χ3n) is 4.64. The molecule has 1 saturated heterocycles. The highest BCUT2D eigenvalue weighted by Crippen LogP contribution is 2.31. The molecule has 138 valence electrons. The molecule has 1 unspecified atom stereocenters. The molecule has 0 aliphatic carbocycles. The number of rotatable bonds is 3. The molecule has 27 heavy (non-hydrogen) atoms. The highest BCUT2D eigenvalue weighted by molar-refractivity contribution is 5.89. The van der Waals surface area contributed by atoms with E-state index in [0.29, 0.717) is 18.3 Å². The lowest BCUT2D eigenvalue weighted by Gasteiger charge is -2.33. The molecular formula is C20H19FN4O2. The summed E-state index contributed by atoms with van der Waals surface area (Å²) in [5.74, 6) is 0.423. The molecule has 2 aromatic carbocycles. The van der Waals surface area contributed by atoms with Crippen LogP contribution in [-0.4, -0.2) is 27.6 Å². The molecule has 1 aliphatic heterocycles. The van der Waals surface area contributed by atoms with Crippen molar-refractivity contribution in [3.8, 4) is 11.4 Å². The summed E-state index contributed by atoms with van der Waals surface area (Å²) >= 11 is 0. The molecule has 1 atom stereocenters. The van der Waals surface area contributed by atoms with Crippen LogP contribution < -0.4 is 5.32 Å². The number of anilines is 1. The van der Waals surface area contributed by atoms with Gasteiger partial charge >= 0.3 is 6.03 Å². The quantitative estimate of drug-likeness (QED) is 0.733. The smallest absolute Gasteiger partial charge is 0.322 e. The van der Waals surface area contributed by atoms with Gasteiger partial charge in [-0.15, -0.1) is 0 Å². The molecule has 3 aromatic rings. The third kappa shape index (κ3) is 3.67. The first-order chi connectivity index (χ1) is 13.2. The molecular weight excluding hydrogens is 347 g/mol. The Morgan fingerprint density at radius 2 is 1.89 bits per heavy atom. The number of halogens is 1. The van der Waals surface area contributed by atoms with Crippen LogP contribution in [-0.2, 0) is 0 Å². The summed E-state index contributed by atoms with van der Waals surface area (Å²) in [6.45, 7) is 0.550. The minimum Gasteiger partial charge on any atom is -0.337 e. The number of aromatic nitrogens is 2. The first-order valence-corrected chi connectivity index (χ1v) is 8.93. The first-order valence-electron chi connectivity index (χ1n) is 8.93. The summed E-state index contributed by atoms with van der Waals surface area (Å²) in [4.78, 5) is 18.9. The topological polar surface area (TPSA) is 71.3 Å². The van der Waals surface area contributed by atoms with E-state index in [9.17, 15) is 9.18 Å². The van der Waals surface area contributed by atoms with Crippen LogP contribution in [0.2, 0.25) is 0 Å². The van der Waals surface area contributed by atoms with E-state index in [1.54, 1.807) is 17.0 Å². The van der Waals surface area contributed by atoms with Crippen LogP contribution in [0.5, 0.6) is 0 Å². The second kappa shape index (κ2) is 7.57. The SMILES string of the molecule is O=C(Nc1ccccc1F)N1CCCCC1c1nc(-c2ccccc2)no1. The standard InChI is InChI=1S/C20H19FN4O2/c21-15-10-4-5-11-16(15)22-20(26)25-13-7-6-12-17(25)19-23-18(24-27-19)14-8-2-1-3-9-14/h1-5,8-11,17H,6-7,12-13H2,(H,22,26). The van der Waals surface area contributed by atoms with E-state index in [0.717, 1.165) is 24.8 Å². The van der Waals surface area contributed by atoms with Crippen molar-refractivity contribution < 1.29 is 13.7 Å². The van der Waals surface area contributed by atoms with Crippen molar-refractivity contribution in [1.82, 2.24) is 15.0 Å². The average molecular weight is 366 g/mol. The van der Waals surface area contributed by atoms with Crippen molar-refractivity contribution in [3.05, 3.63) is 66.3 Å². The van der Waals surface area contributed by atoms with Gasteiger partial charge < -0.3 is 14.7 Å². The maximum Gasteiger partial charge on any atom is 0.322 e. The van der Waals surface area contributed by atoms with Crippen LogP contribution in [0.4, 0.5) is 14.9 Å². The summed E-state index contributed by atoms with van der Waals surface area (Å²) in [6.07, 6.45) is 2.55. The van der Waals surface area contributed by atoms with E-state index in [1.165, 1.54) is 12.1 Å². The minimum absolute atomic E-state index is 0.155. The van der Waals surface area contributed by atoms with E-state index < -0.39 is 5.82 Å². The highest BCUT2D eigenvalue weighted by Gasteiger charge is 2.32. The number of hydrogen-bond acceptors (Lipinski definition) is 4. The second-order valence-electron chi connectivity index (χ2n) is 6.44. The second-order valence-corrected chi connectivity index (χ2v) is 6.44. The van der Waals surface area contributed by atoms with Crippen molar-refractivity contribution in [2.24, 2.45) is 0 Å². The molecule has 7 heteroatoms. The lowest BCUT2D eigenvalue weighted by Crippen LogP contribution is -2.41. The van der Waals surface area contributed by atoms with E-state index in [4.69, 9.17) is 4.52 Å². The Labute approximate surface area is 156 Å². The van der Waals surface area contributed by atoms with Crippen LogP contribution in [0.1, 0.15) is 31.2 Å². The van der Waals surface area contributed by atoms with E-state index in [2.05, 4.69) is 15.5 Å².